The minimum absolute atomic E-state index is 0.0368. The summed E-state index contributed by atoms with van der Waals surface area (Å²) in [5, 5.41) is 9.85. The van der Waals surface area contributed by atoms with E-state index in [-0.39, 0.29) is 17.7 Å². The van der Waals surface area contributed by atoms with Crippen molar-refractivity contribution in [2.24, 2.45) is 5.92 Å². The number of piperidine rings is 1. The zero-order chi connectivity index (χ0) is 23.3. The van der Waals surface area contributed by atoms with Crippen LogP contribution in [0.2, 0.25) is 0 Å². The predicted molar refractivity (Wildman–Crippen MR) is 134 cm³/mol. The molecule has 3 heterocycles. The first-order valence-electron chi connectivity index (χ1n) is 11.5. The number of hydrogen-bond donors (Lipinski definition) is 1. The van der Waals surface area contributed by atoms with Crippen molar-refractivity contribution in [3.05, 3.63) is 94.8 Å². The zero-order valence-corrected chi connectivity index (χ0v) is 19.6. The van der Waals surface area contributed by atoms with Gasteiger partial charge in [-0.3, -0.25) is 9.59 Å². The normalized spacial score (nSPS) is 14.2. The van der Waals surface area contributed by atoms with E-state index < -0.39 is 0 Å². The van der Waals surface area contributed by atoms with Gasteiger partial charge >= 0.3 is 0 Å². The SMILES string of the molecule is O=C(NCc1cn(-c2ccccc2)nc1-c1ccccc1)C1CCN(C(=O)c2cccs2)CC1. The number of thiophene rings is 1. The van der Waals surface area contributed by atoms with Gasteiger partial charge in [0.05, 0.1) is 16.3 Å². The Morgan fingerprint density at radius 3 is 2.32 bits per heavy atom. The molecule has 1 saturated heterocycles. The quantitative estimate of drug-likeness (QED) is 0.441. The maximum absolute atomic E-state index is 13.0. The van der Waals surface area contributed by atoms with E-state index in [1.807, 2.05) is 94.0 Å². The van der Waals surface area contributed by atoms with Gasteiger partial charge in [0.25, 0.3) is 5.91 Å². The van der Waals surface area contributed by atoms with Gasteiger partial charge in [-0.15, -0.1) is 11.3 Å². The fraction of sp³-hybridized carbons (Fsp3) is 0.222. The van der Waals surface area contributed by atoms with Gasteiger partial charge in [0.2, 0.25) is 5.91 Å². The van der Waals surface area contributed by atoms with E-state index in [1.165, 1.54) is 11.3 Å². The van der Waals surface area contributed by atoms with Crippen LogP contribution in [0.25, 0.3) is 16.9 Å². The molecule has 2 aromatic heterocycles. The fourth-order valence-electron chi connectivity index (χ4n) is 4.32. The van der Waals surface area contributed by atoms with Crippen LogP contribution in [0.3, 0.4) is 0 Å². The monoisotopic (exact) mass is 470 g/mol. The highest BCUT2D eigenvalue weighted by Crippen LogP contribution is 2.25. The second-order valence-corrected chi connectivity index (χ2v) is 9.36. The Morgan fingerprint density at radius 1 is 0.941 bits per heavy atom. The summed E-state index contributed by atoms with van der Waals surface area (Å²) in [6, 6.07) is 23.7. The molecule has 1 aliphatic heterocycles. The van der Waals surface area contributed by atoms with Crippen LogP contribution in [0.4, 0.5) is 0 Å². The Bertz CT molecular complexity index is 1240. The van der Waals surface area contributed by atoms with E-state index in [0.717, 1.165) is 27.4 Å². The molecule has 34 heavy (non-hydrogen) atoms. The van der Waals surface area contributed by atoms with Gasteiger partial charge in [-0.25, -0.2) is 4.68 Å². The Labute approximate surface area is 202 Å². The molecule has 1 fully saturated rings. The maximum Gasteiger partial charge on any atom is 0.263 e. The number of nitrogens with one attached hydrogen (secondary N) is 1. The third kappa shape index (κ3) is 4.79. The van der Waals surface area contributed by atoms with Gasteiger partial charge in [0.15, 0.2) is 0 Å². The summed E-state index contributed by atoms with van der Waals surface area (Å²) in [6.45, 7) is 1.62. The van der Waals surface area contributed by atoms with Crippen molar-refractivity contribution in [3.63, 3.8) is 0 Å². The molecule has 0 unspecified atom stereocenters. The van der Waals surface area contributed by atoms with Crippen LogP contribution in [0.1, 0.15) is 28.1 Å². The van der Waals surface area contributed by atoms with Gasteiger partial charge in [-0.1, -0.05) is 54.6 Å². The standard InChI is InChI=1S/C27H26N4O2S/c32-26(21-13-15-30(16-14-21)27(33)24-12-7-17-34-24)28-18-22-19-31(23-10-5-2-6-11-23)29-25(22)20-8-3-1-4-9-20/h1-12,17,19,21H,13-16,18H2,(H,28,32). The third-order valence-corrected chi connectivity index (χ3v) is 7.05. The van der Waals surface area contributed by atoms with Crippen LogP contribution in [0.5, 0.6) is 0 Å². The second-order valence-electron chi connectivity index (χ2n) is 8.41. The molecule has 5 rings (SSSR count). The molecule has 0 aliphatic carbocycles. The molecule has 172 valence electrons. The van der Waals surface area contributed by atoms with E-state index in [0.29, 0.717) is 32.5 Å². The number of rotatable bonds is 6. The summed E-state index contributed by atoms with van der Waals surface area (Å²) in [7, 11) is 0. The van der Waals surface area contributed by atoms with E-state index in [9.17, 15) is 9.59 Å². The van der Waals surface area contributed by atoms with Crippen molar-refractivity contribution >= 4 is 23.2 Å². The van der Waals surface area contributed by atoms with Gasteiger partial charge in [-0.05, 0) is 36.4 Å². The number of para-hydroxylation sites is 1. The van der Waals surface area contributed by atoms with Gasteiger partial charge in [0, 0.05) is 42.9 Å². The molecule has 1 aliphatic rings. The van der Waals surface area contributed by atoms with Crippen LogP contribution in [0.15, 0.2) is 84.4 Å². The second kappa shape index (κ2) is 10.1. The average Bonchev–Trinajstić information content (AvgIpc) is 3.59. The first-order chi connectivity index (χ1) is 16.7. The lowest BCUT2D eigenvalue weighted by atomic mass is 9.95. The Morgan fingerprint density at radius 2 is 1.65 bits per heavy atom. The summed E-state index contributed by atoms with van der Waals surface area (Å²) < 4.78 is 1.86. The molecule has 6 nitrogen and oxygen atoms in total. The highest BCUT2D eigenvalue weighted by atomic mass is 32.1. The fourth-order valence-corrected chi connectivity index (χ4v) is 5.01. The number of aromatic nitrogens is 2. The van der Waals surface area contributed by atoms with Crippen molar-refractivity contribution in [2.45, 2.75) is 19.4 Å². The summed E-state index contributed by atoms with van der Waals surface area (Å²) in [5.41, 5.74) is 3.82. The minimum atomic E-state index is -0.0864. The molecule has 0 saturated carbocycles. The number of carbonyl (C=O) groups excluding carboxylic acids is 2. The first-order valence-corrected chi connectivity index (χ1v) is 12.4. The molecule has 7 heteroatoms. The van der Waals surface area contributed by atoms with Crippen LogP contribution < -0.4 is 5.32 Å². The molecule has 2 amide bonds. The lowest BCUT2D eigenvalue weighted by Gasteiger charge is -2.31. The van der Waals surface area contributed by atoms with Crippen molar-refractivity contribution in [1.29, 1.82) is 0 Å². The molecule has 0 bridgehead atoms. The maximum atomic E-state index is 13.0. The molecule has 1 N–H and O–H groups in total. The molecular weight excluding hydrogens is 444 g/mol. The van der Waals surface area contributed by atoms with Gasteiger partial charge in [0.1, 0.15) is 0 Å². The Balaban J connectivity index is 1.25. The summed E-state index contributed by atoms with van der Waals surface area (Å²) in [4.78, 5) is 28.1. The average molecular weight is 471 g/mol. The number of benzene rings is 2. The number of amides is 2. The lowest BCUT2D eigenvalue weighted by Crippen LogP contribution is -2.42. The topological polar surface area (TPSA) is 67.2 Å². The molecule has 0 spiro atoms. The smallest absolute Gasteiger partial charge is 0.263 e. The molecule has 0 atom stereocenters. The van der Waals surface area contributed by atoms with Crippen LogP contribution >= 0.6 is 11.3 Å². The van der Waals surface area contributed by atoms with E-state index in [4.69, 9.17) is 5.10 Å². The highest BCUT2D eigenvalue weighted by Gasteiger charge is 2.28. The zero-order valence-electron chi connectivity index (χ0n) is 18.8. The van der Waals surface area contributed by atoms with Crippen molar-refractivity contribution in [2.75, 3.05) is 13.1 Å². The van der Waals surface area contributed by atoms with Crippen molar-refractivity contribution in [1.82, 2.24) is 20.0 Å². The highest BCUT2D eigenvalue weighted by molar-refractivity contribution is 7.12. The Hall–Kier alpha value is -3.71. The van der Waals surface area contributed by atoms with Crippen molar-refractivity contribution < 1.29 is 9.59 Å². The molecule has 4 aromatic rings. The van der Waals surface area contributed by atoms with E-state index in [2.05, 4.69) is 5.32 Å². The van der Waals surface area contributed by atoms with Crippen molar-refractivity contribution in [3.8, 4) is 16.9 Å². The van der Waals surface area contributed by atoms with Gasteiger partial charge in [-0.2, -0.15) is 5.10 Å². The number of nitrogens with zero attached hydrogens (tertiary/aromatic N) is 3. The molecular formula is C27H26N4O2S. The number of hydrogen-bond acceptors (Lipinski definition) is 4. The summed E-state index contributed by atoms with van der Waals surface area (Å²) in [6.07, 6.45) is 3.34. The van der Waals surface area contributed by atoms with E-state index >= 15 is 0 Å². The predicted octanol–water partition coefficient (Wildman–Crippen LogP) is 4.77. The summed E-state index contributed by atoms with van der Waals surface area (Å²) in [5.74, 6) is 0.0149. The number of carbonyl (C=O) groups is 2. The molecule has 0 radical (unpaired) electrons. The van der Waals surface area contributed by atoms with Gasteiger partial charge < -0.3 is 10.2 Å². The van der Waals surface area contributed by atoms with Crippen LogP contribution in [-0.2, 0) is 11.3 Å². The minimum Gasteiger partial charge on any atom is -0.352 e. The lowest BCUT2D eigenvalue weighted by molar-refractivity contribution is -0.126. The van der Waals surface area contributed by atoms with Crippen LogP contribution in [0, 0.1) is 5.92 Å². The Kier molecular flexibility index (Phi) is 6.53. The summed E-state index contributed by atoms with van der Waals surface area (Å²) >= 11 is 1.46. The number of likely N-dealkylation sites (tertiary alicyclic amines) is 1. The largest absolute Gasteiger partial charge is 0.352 e. The molecule has 2 aromatic carbocycles. The first kappa shape index (κ1) is 22.1. The van der Waals surface area contributed by atoms with Crippen LogP contribution in [-0.4, -0.2) is 39.6 Å². The van der Waals surface area contributed by atoms with E-state index in [1.54, 1.807) is 0 Å². The third-order valence-electron chi connectivity index (χ3n) is 6.20.